The van der Waals surface area contributed by atoms with Crippen LogP contribution in [-0.4, -0.2) is 164 Å². The van der Waals surface area contributed by atoms with Gasteiger partial charge in [-0.3, -0.25) is 23.5 Å². The molecule has 0 atom stereocenters. The fraction of sp³-hybridized carbons (Fsp3) is 0.365. The van der Waals surface area contributed by atoms with Gasteiger partial charge in [0.05, 0.1) is 75.8 Å². The Hall–Kier alpha value is -3.85. The number of anilines is 3. The van der Waals surface area contributed by atoms with Gasteiger partial charge in [-0.15, -0.1) is 0 Å². The van der Waals surface area contributed by atoms with Crippen LogP contribution in [0.5, 0.6) is 5.88 Å². The zero-order chi connectivity index (χ0) is 54.1. The molecular weight excluding hydrogens is 1390 g/mol. The van der Waals surface area contributed by atoms with Gasteiger partial charge in [0.2, 0.25) is 11.4 Å². The summed E-state index contributed by atoms with van der Waals surface area (Å²) in [6.45, 7) is 9.27. The van der Waals surface area contributed by atoms with Crippen LogP contribution in [0.3, 0.4) is 0 Å². The first-order valence-electron chi connectivity index (χ1n) is 24.6. The van der Waals surface area contributed by atoms with E-state index in [0.717, 1.165) is 150 Å². The van der Waals surface area contributed by atoms with Crippen molar-refractivity contribution in [1.29, 1.82) is 0 Å². The number of hydrogen-bond donors (Lipinski definition) is 1. The molecule has 12 heterocycles. The Morgan fingerprint density at radius 1 is 0.675 bits per heavy atom. The van der Waals surface area contributed by atoms with Crippen molar-refractivity contribution in [3.63, 3.8) is 0 Å². The molecule has 0 unspecified atom stereocenters. The Bertz CT molecular complexity index is 3330. The third-order valence-corrected chi connectivity index (χ3v) is 13.2. The average molecular weight is 1450 g/mol. The Kier molecular flexibility index (Phi) is 28.5. The molecule has 12 rings (SSSR count). The third kappa shape index (κ3) is 17.4. The second-order valence-corrected chi connectivity index (χ2v) is 18.8. The molecule has 80 heavy (non-hydrogen) atoms. The molecule has 0 amide bonds. The molecule has 4 aliphatic heterocycles. The van der Waals surface area contributed by atoms with Gasteiger partial charge in [0.25, 0.3) is 0 Å². The zero-order valence-electron chi connectivity index (χ0n) is 44.0. The van der Waals surface area contributed by atoms with Gasteiger partial charge in [0.1, 0.15) is 47.3 Å². The molecule has 1 radical (unpaired) electrons. The topological polar surface area (TPSA) is 239 Å². The fourth-order valence-corrected chi connectivity index (χ4v) is 9.01. The van der Waals surface area contributed by atoms with Crippen molar-refractivity contribution >= 4 is 79.2 Å². The summed E-state index contributed by atoms with van der Waals surface area (Å²) in [5.41, 5.74) is 9.33. The van der Waals surface area contributed by atoms with E-state index < -0.39 is 6.67 Å². The first-order valence-corrected chi connectivity index (χ1v) is 27.1. The number of ether oxygens (including phenoxy) is 4. The Balaban J connectivity index is 0.000000206. The van der Waals surface area contributed by atoms with Crippen molar-refractivity contribution < 1.29 is 131 Å². The van der Waals surface area contributed by atoms with E-state index >= 15 is 0 Å². The van der Waals surface area contributed by atoms with E-state index in [4.69, 9.17) is 33.8 Å². The number of aliphatic imine (C=N–C) groups is 1. The molecule has 0 spiro atoms. The second-order valence-electron chi connectivity index (χ2n) is 17.3. The Morgan fingerprint density at radius 2 is 1.15 bits per heavy atom. The van der Waals surface area contributed by atoms with Gasteiger partial charge in [-0.1, -0.05) is 34.2 Å². The number of nitrogens with one attached hydrogen (secondary N) is 1. The van der Waals surface area contributed by atoms with Crippen LogP contribution in [-0.2, 0) is 81.5 Å². The van der Waals surface area contributed by atoms with Gasteiger partial charge in [0.15, 0.2) is 0 Å². The zero-order valence-corrected chi connectivity index (χ0v) is 53.0. The maximum absolute atomic E-state index is 12.3. The number of pyridine rings is 6. The van der Waals surface area contributed by atoms with Gasteiger partial charge in [0, 0.05) is 162 Å². The normalized spacial score (nSPS) is 14.4. The van der Waals surface area contributed by atoms with Crippen molar-refractivity contribution in [2.24, 2.45) is 19.1 Å². The number of hydrogen-bond acceptors (Lipinski definition) is 18. The van der Waals surface area contributed by atoms with Crippen LogP contribution in [0.2, 0.25) is 5.15 Å². The van der Waals surface area contributed by atoms with E-state index in [9.17, 15) is 13.6 Å². The van der Waals surface area contributed by atoms with Crippen molar-refractivity contribution in [3.05, 3.63) is 124 Å². The van der Waals surface area contributed by atoms with E-state index in [1.807, 2.05) is 90.2 Å². The standard InChI is InChI=1S/C18H19FN4O2.C16H16ClN5O.C16H17N5O2.C2H4FI.2Ag.K.H2O.O/c19-2-6-25-17-10-15-14(11-21-17)12-22-18(15)13-1-3-20-16(9-13)23-4-7-24-8-5-23;1-21-13-10-19-14(17)9-12(13)16(20-21)11-2-3-18-15(8-11)22-4-6-23-7-5-22;1-20-13-10-18-15(22)9-12(13)16(19-20)11-2-3-17-14(8-11)21-4-6-23-7-5-21;3-1-2-4;;;;;/h1,3,9-11H,2,4-8,12H2;2-3,8-10H,4-7H2,1H3;2-3,8-10H,4-7H2,1H3,(H,18,22);1-2H2;;;;1H2;/q;;;;;;+1;;/p-1. The van der Waals surface area contributed by atoms with E-state index in [1.54, 1.807) is 56.6 Å². The molecule has 0 bridgehead atoms. The van der Waals surface area contributed by atoms with E-state index in [1.165, 1.54) is 0 Å². The number of morpholine rings is 3. The van der Waals surface area contributed by atoms with Crippen LogP contribution < -0.4 is 76.4 Å². The summed E-state index contributed by atoms with van der Waals surface area (Å²) < 4.78 is 56.8. The minimum atomic E-state index is -0.535. The van der Waals surface area contributed by atoms with Crippen molar-refractivity contribution in [2.75, 3.05) is 118 Å². The molecule has 0 aliphatic carbocycles. The number of aromatic amines is 1. The van der Waals surface area contributed by atoms with E-state index in [2.05, 4.69) is 71.9 Å². The molecular formula is C52H57Ag2ClF2IKN14O7. The van der Waals surface area contributed by atoms with Gasteiger partial charge >= 0.3 is 75.7 Å². The van der Waals surface area contributed by atoms with Gasteiger partial charge < -0.3 is 44.1 Å². The molecule has 3 saturated heterocycles. The number of aromatic nitrogens is 10. The fourth-order valence-electron chi connectivity index (χ4n) is 8.86. The van der Waals surface area contributed by atoms with Crippen LogP contribution in [0, 0.1) is 0 Å². The Labute approximate surface area is 549 Å². The number of fused-ring (bicyclic) bond motifs is 3. The summed E-state index contributed by atoms with van der Waals surface area (Å²) in [4.78, 5) is 47.4. The molecule has 8 aromatic heterocycles. The van der Waals surface area contributed by atoms with Gasteiger partial charge in [-0.2, -0.15) is 10.2 Å². The molecule has 2 N–H and O–H groups in total. The van der Waals surface area contributed by atoms with Crippen LogP contribution >= 0.6 is 34.2 Å². The van der Waals surface area contributed by atoms with Crippen molar-refractivity contribution in [1.82, 2.24) is 49.5 Å². The number of aryl methyl sites for hydroxylation is 2. The van der Waals surface area contributed by atoms with Crippen LogP contribution in [0.4, 0.5) is 26.2 Å². The molecule has 0 aromatic carbocycles. The number of H-pyrrole nitrogens is 1. The second kappa shape index (κ2) is 34.1. The quantitative estimate of drug-likeness (QED) is 0.0887. The van der Waals surface area contributed by atoms with E-state index in [0.29, 0.717) is 35.2 Å². The molecule has 0 saturated carbocycles. The summed E-state index contributed by atoms with van der Waals surface area (Å²) in [6, 6.07) is 17.3. The minimum absolute atomic E-state index is 0. The summed E-state index contributed by atoms with van der Waals surface area (Å²) in [5, 5.41) is 11.5. The van der Waals surface area contributed by atoms with E-state index in [-0.39, 0.29) is 98.1 Å². The summed E-state index contributed by atoms with van der Waals surface area (Å²) in [6.07, 6.45) is 10.6. The van der Waals surface area contributed by atoms with Crippen molar-refractivity contribution in [3.8, 4) is 28.4 Å². The molecule has 4 aliphatic rings. The maximum atomic E-state index is 12.3. The molecule has 8 aromatic rings. The summed E-state index contributed by atoms with van der Waals surface area (Å²) in [5.74, 6) is 3.22. The number of halogens is 4. The van der Waals surface area contributed by atoms with Crippen molar-refractivity contribution in [2.45, 2.75) is 6.54 Å². The molecule has 3 fully saturated rings. The predicted octanol–water partition coefficient (Wildman–Crippen LogP) is 3.79. The number of rotatable bonds is 10. The van der Waals surface area contributed by atoms with Crippen LogP contribution in [0.1, 0.15) is 16.7 Å². The third-order valence-electron chi connectivity index (χ3n) is 12.5. The first kappa shape index (κ1) is 66.9. The summed E-state index contributed by atoms with van der Waals surface area (Å²) >= 11 is 9.73. The monoisotopic (exact) mass is 1440 g/mol. The molecule has 428 valence electrons. The SMILES string of the molecule is Cn1nc(-c2ccnc(N3CCOCC3)c2)c2cc(=O)[nH]cc21.Cn1nc(-c2ccnc(N3CCOCC3)c2)c2cc(Cl)ncc21.FCCI.FCCOc1cc2c(cn1)CN=C2c1ccnc(N2CCOCC2)c1.[Ag].[K+].[OH-].[O]=[Ag]. The molecule has 28 heteroatoms. The van der Waals surface area contributed by atoms with Crippen LogP contribution in [0.25, 0.3) is 44.3 Å². The van der Waals surface area contributed by atoms with Gasteiger partial charge in [-0.05, 0) is 42.5 Å². The van der Waals surface area contributed by atoms with Gasteiger partial charge in [-0.25, -0.2) is 29.3 Å². The Morgan fingerprint density at radius 3 is 1.65 bits per heavy atom. The summed E-state index contributed by atoms with van der Waals surface area (Å²) in [7, 11) is 3.78. The first-order chi connectivity index (χ1) is 37.7. The number of alkyl halides is 3. The van der Waals surface area contributed by atoms with Crippen LogP contribution in [0.15, 0.2) is 102 Å². The average Bonchev–Trinajstić information content (AvgIpc) is 4.25. The predicted molar refractivity (Wildman–Crippen MR) is 297 cm³/mol. The number of nitrogens with zero attached hydrogens (tertiary/aromatic N) is 13. The molecule has 21 nitrogen and oxygen atoms in total.